The Morgan fingerprint density at radius 2 is 1.93 bits per heavy atom. The molecule has 0 atom stereocenters. The number of carbonyl (C=O) groups is 1. The van der Waals surface area contributed by atoms with E-state index in [0.717, 1.165) is 18.9 Å². The zero-order valence-electron chi connectivity index (χ0n) is 16.2. The number of ether oxygens (including phenoxy) is 1. The third-order valence-corrected chi connectivity index (χ3v) is 5.71. The number of piperazine rings is 1. The van der Waals surface area contributed by atoms with E-state index in [-0.39, 0.29) is 12.5 Å². The van der Waals surface area contributed by atoms with Gasteiger partial charge in [0.05, 0.1) is 5.75 Å². The number of aromatic nitrogens is 4. The van der Waals surface area contributed by atoms with E-state index in [4.69, 9.17) is 16.3 Å². The molecule has 8 nitrogen and oxygen atoms in total. The van der Waals surface area contributed by atoms with Crippen molar-refractivity contribution in [1.82, 2.24) is 25.1 Å². The highest BCUT2D eigenvalue weighted by molar-refractivity contribution is 7.99. The molecule has 4 rings (SSSR count). The van der Waals surface area contributed by atoms with E-state index in [1.807, 2.05) is 23.1 Å². The summed E-state index contributed by atoms with van der Waals surface area (Å²) < 4.78 is 5.64. The fraction of sp³-hybridized carbons (Fsp3) is 0.300. The molecule has 1 saturated heterocycles. The topological polar surface area (TPSA) is 87.2 Å². The maximum atomic E-state index is 12.5. The first-order valence-corrected chi connectivity index (χ1v) is 10.9. The molecule has 30 heavy (non-hydrogen) atoms. The van der Waals surface area contributed by atoms with Crippen molar-refractivity contribution in [2.24, 2.45) is 0 Å². The van der Waals surface area contributed by atoms with Gasteiger partial charge in [0.15, 0.2) is 5.82 Å². The fourth-order valence-electron chi connectivity index (χ4n) is 3.03. The molecule has 1 aliphatic heterocycles. The molecule has 3 heterocycles. The number of pyridine rings is 1. The molecule has 1 amide bonds. The second-order valence-corrected chi connectivity index (χ2v) is 8.03. The number of aromatic amines is 1. The molecular formula is C20H21ClN6O2S. The summed E-state index contributed by atoms with van der Waals surface area (Å²) in [6.45, 7) is 3.19. The highest BCUT2D eigenvalue weighted by Gasteiger charge is 2.22. The number of nitrogens with zero attached hydrogens (tertiary/aromatic N) is 5. The second kappa shape index (κ2) is 9.82. The lowest BCUT2D eigenvalue weighted by molar-refractivity contribution is -0.128. The largest absolute Gasteiger partial charge is 0.486 e. The Kier molecular flexibility index (Phi) is 6.70. The minimum Gasteiger partial charge on any atom is -0.486 e. The Labute approximate surface area is 183 Å². The van der Waals surface area contributed by atoms with Crippen molar-refractivity contribution in [3.05, 3.63) is 59.5 Å². The van der Waals surface area contributed by atoms with Crippen LogP contribution in [0.2, 0.25) is 5.02 Å². The van der Waals surface area contributed by atoms with E-state index in [9.17, 15) is 4.79 Å². The Balaban J connectivity index is 1.20. The van der Waals surface area contributed by atoms with Gasteiger partial charge in [-0.15, -0.1) is 5.10 Å². The third-order valence-electron chi connectivity index (χ3n) is 4.63. The molecule has 1 aliphatic rings. The molecule has 0 radical (unpaired) electrons. The molecule has 0 bridgehead atoms. The van der Waals surface area contributed by atoms with Crippen LogP contribution in [0.1, 0.15) is 5.82 Å². The lowest BCUT2D eigenvalue weighted by atomic mass is 10.3. The third kappa shape index (κ3) is 5.43. The number of benzene rings is 1. The molecule has 1 N–H and O–H groups in total. The van der Waals surface area contributed by atoms with Crippen molar-refractivity contribution < 1.29 is 9.53 Å². The number of thioether (sulfide) groups is 1. The van der Waals surface area contributed by atoms with Gasteiger partial charge in [-0.05, 0) is 36.4 Å². The minimum atomic E-state index is 0.0874. The first-order valence-electron chi connectivity index (χ1n) is 9.53. The van der Waals surface area contributed by atoms with E-state index in [1.165, 1.54) is 11.8 Å². The van der Waals surface area contributed by atoms with Crippen LogP contribution in [-0.2, 0) is 11.4 Å². The molecule has 156 valence electrons. The summed E-state index contributed by atoms with van der Waals surface area (Å²) in [5.74, 6) is 2.64. The molecule has 1 fully saturated rings. The van der Waals surface area contributed by atoms with Gasteiger partial charge < -0.3 is 14.5 Å². The number of nitrogens with one attached hydrogen (secondary N) is 1. The molecular weight excluding hydrogens is 424 g/mol. The molecule has 2 aromatic heterocycles. The van der Waals surface area contributed by atoms with Gasteiger partial charge in [0.25, 0.3) is 0 Å². The second-order valence-electron chi connectivity index (χ2n) is 6.65. The molecule has 0 saturated carbocycles. The summed E-state index contributed by atoms with van der Waals surface area (Å²) in [7, 11) is 0. The van der Waals surface area contributed by atoms with Gasteiger partial charge in [-0.2, -0.15) is 0 Å². The first-order chi connectivity index (χ1) is 14.7. The van der Waals surface area contributed by atoms with E-state index < -0.39 is 0 Å². The zero-order valence-corrected chi connectivity index (χ0v) is 17.8. The maximum absolute atomic E-state index is 12.5. The first kappa shape index (κ1) is 20.5. The number of carbonyl (C=O) groups excluding carboxylic acids is 1. The molecule has 0 aliphatic carbocycles. The average Bonchev–Trinajstić information content (AvgIpc) is 3.26. The minimum absolute atomic E-state index is 0.0874. The van der Waals surface area contributed by atoms with E-state index >= 15 is 0 Å². The van der Waals surface area contributed by atoms with E-state index in [2.05, 4.69) is 25.1 Å². The lowest BCUT2D eigenvalue weighted by Gasteiger charge is -2.35. The number of hydrogen-bond donors (Lipinski definition) is 1. The number of hydrogen-bond acceptors (Lipinski definition) is 7. The summed E-state index contributed by atoms with van der Waals surface area (Å²) in [6.07, 6.45) is 1.79. The Hall–Kier alpha value is -2.78. The Morgan fingerprint density at radius 1 is 1.13 bits per heavy atom. The standard InChI is InChI=1S/C20H21ClN6O2S/c21-15-4-6-16(7-5-15)29-13-17-23-20(25-24-17)30-14-19(28)27-11-9-26(10-12-27)18-3-1-2-8-22-18/h1-8H,9-14H2,(H,23,24,25). The van der Waals surface area contributed by atoms with Crippen molar-refractivity contribution in [3.8, 4) is 5.75 Å². The van der Waals surface area contributed by atoms with E-state index in [1.54, 1.807) is 30.5 Å². The Bertz CT molecular complexity index is 961. The van der Waals surface area contributed by atoms with Crippen LogP contribution in [0.4, 0.5) is 5.82 Å². The van der Waals surface area contributed by atoms with Crippen molar-refractivity contribution in [2.45, 2.75) is 11.8 Å². The fourth-order valence-corrected chi connectivity index (χ4v) is 3.88. The quantitative estimate of drug-likeness (QED) is 0.560. The lowest BCUT2D eigenvalue weighted by Crippen LogP contribution is -2.49. The van der Waals surface area contributed by atoms with Gasteiger partial charge in [-0.25, -0.2) is 9.97 Å². The van der Waals surface area contributed by atoms with Crippen molar-refractivity contribution in [1.29, 1.82) is 0 Å². The molecule has 1 aromatic carbocycles. The Morgan fingerprint density at radius 3 is 2.67 bits per heavy atom. The van der Waals surface area contributed by atoms with Gasteiger partial charge >= 0.3 is 0 Å². The van der Waals surface area contributed by atoms with Crippen LogP contribution in [0.15, 0.2) is 53.8 Å². The van der Waals surface area contributed by atoms with Crippen LogP contribution >= 0.6 is 23.4 Å². The number of amides is 1. The van der Waals surface area contributed by atoms with Crippen LogP contribution in [0.5, 0.6) is 5.75 Å². The monoisotopic (exact) mass is 444 g/mol. The average molecular weight is 445 g/mol. The van der Waals surface area contributed by atoms with Gasteiger partial charge in [-0.3, -0.25) is 9.89 Å². The van der Waals surface area contributed by atoms with Gasteiger partial charge in [0.1, 0.15) is 18.2 Å². The van der Waals surface area contributed by atoms with Gasteiger partial charge in [-0.1, -0.05) is 29.4 Å². The number of anilines is 1. The van der Waals surface area contributed by atoms with Crippen molar-refractivity contribution in [2.75, 3.05) is 36.8 Å². The van der Waals surface area contributed by atoms with Crippen LogP contribution in [0, 0.1) is 0 Å². The summed E-state index contributed by atoms with van der Waals surface area (Å²) >= 11 is 7.18. The van der Waals surface area contributed by atoms with Gasteiger partial charge in [0.2, 0.25) is 11.1 Å². The molecule has 0 unspecified atom stereocenters. The smallest absolute Gasteiger partial charge is 0.233 e. The maximum Gasteiger partial charge on any atom is 0.233 e. The van der Waals surface area contributed by atoms with E-state index in [0.29, 0.717) is 40.6 Å². The number of halogens is 1. The van der Waals surface area contributed by atoms with Gasteiger partial charge in [0, 0.05) is 37.4 Å². The normalized spacial score (nSPS) is 14.0. The zero-order chi connectivity index (χ0) is 20.8. The van der Waals surface area contributed by atoms with Crippen molar-refractivity contribution in [3.63, 3.8) is 0 Å². The van der Waals surface area contributed by atoms with Crippen LogP contribution in [-0.4, -0.2) is 62.9 Å². The summed E-state index contributed by atoms with van der Waals surface area (Å²) in [6, 6.07) is 13.0. The molecule has 0 spiro atoms. The molecule has 10 heteroatoms. The van der Waals surface area contributed by atoms with Crippen LogP contribution in [0.3, 0.4) is 0 Å². The SMILES string of the molecule is O=C(CSc1n[nH]c(COc2ccc(Cl)cc2)n1)N1CCN(c2ccccn2)CC1. The van der Waals surface area contributed by atoms with Crippen LogP contribution in [0.25, 0.3) is 0 Å². The van der Waals surface area contributed by atoms with Crippen molar-refractivity contribution >= 4 is 35.1 Å². The predicted octanol–water partition coefficient (Wildman–Crippen LogP) is 2.87. The number of rotatable bonds is 7. The highest BCUT2D eigenvalue weighted by atomic mass is 35.5. The predicted molar refractivity (Wildman–Crippen MR) is 116 cm³/mol. The van der Waals surface area contributed by atoms with Crippen LogP contribution < -0.4 is 9.64 Å². The molecule has 3 aromatic rings. The number of H-pyrrole nitrogens is 1. The highest BCUT2D eigenvalue weighted by Crippen LogP contribution is 2.18. The summed E-state index contributed by atoms with van der Waals surface area (Å²) in [5, 5.41) is 8.18. The summed E-state index contributed by atoms with van der Waals surface area (Å²) in [4.78, 5) is 25.3. The summed E-state index contributed by atoms with van der Waals surface area (Å²) in [5.41, 5.74) is 0.